The fourth-order valence-corrected chi connectivity index (χ4v) is 8.17. The summed E-state index contributed by atoms with van der Waals surface area (Å²) in [4.78, 5) is 0. The number of methoxy groups -OCH3 is 4. The molecule has 2 heterocycles. The van der Waals surface area contributed by atoms with E-state index >= 15 is 0 Å². The summed E-state index contributed by atoms with van der Waals surface area (Å²) in [7, 11) is 6.77. The van der Waals surface area contributed by atoms with Gasteiger partial charge in [0.2, 0.25) is 0 Å². The summed E-state index contributed by atoms with van der Waals surface area (Å²) in [5.74, 6) is 2.94. The Morgan fingerprint density at radius 1 is 0.350 bits per heavy atom. The number of benzene rings is 6. The van der Waals surface area contributed by atoms with E-state index in [9.17, 15) is 0 Å². The number of rotatable bonds is 10. The zero-order chi connectivity index (χ0) is 42.3. The lowest BCUT2D eigenvalue weighted by Crippen LogP contribution is -2.11. The van der Waals surface area contributed by atoms with Crippen LogP contribution in [-0.4, -0.2) is 37.6 Å². The number of fused-ring (bicyclic) bond motifs is 1. The van der Waals surface area contributed by atoms with Crippen molar-refractivity contribution in [2.45, 2.75) is 52.4 Å². The van der Waals surface area contributed by atoms with Crippen LogP contribution in [0.25, 0.3) is 67.2 Å². The molecular formula is C54H54N2O4. The van der Waals surface area contributed by atoms with Gasteiger partial charge >= 0.3 is 0 Å². The molecule has 6 aromatic carbocycles. The lowest BCUT2D eigenvalue weighted by molar-refractivity contribution is 0.394. The van der Waals surface area contributed by atoms with Crippen LogP contribution in [0.15, 0.2) is 146 Å². The normalized spacial score (nSPS) is 11.8. The maximum atomic E-state index is 5.75. The molecule has 6 nitrogen and oxygen atoms in total. The molecule has 2 aromatic heterocycles. The summed E-state index contributed by atoms with van der Waals surface area (Å²) >= 11 is 0. The topological polar surface area (TPSA) is 46.8 Å². The van der Waals surface area contributed by atoms with E-state index in [-0.39, 0.29) is 10.8 Å². The van der Waals surface area contributed by atoms with Gasteiger partial charge in [-0.15, -0.1) is 0 Å². The molecule has 0 radical (unpaired) electrons. The highest BCUT2D eigenvalue weighted by molar-refractivity contribution is 5.98. The number of ether oxygens (including phenoxy) is 4. The molecule has 0 atom stereocenters. The lowest BCUT2D eigenvalue weighted by Gasteiger charge is -2.20. The molecule has 0 aliphatic heterocycles. The molecule has 0 aliphatic carbocycles. The number of hydrogen-bond donors (Lipinski definition) is 0. The van der Waals surface area contributed by atoms with Crippen molar-refractivity contribution in [3.63, 3.8) is 0 Å². The van der Waals surface area contributed by atoms with Gasteiger partial charge in [-0.05, 0) is 105 Å². The van der Waals surface area contributed by atoms with Gasteiger partial charge in [0.25, 0.3) is 0 Å². The van der Waals surface area contributed by atoms with Gasteiger partial charge in [-0.2, -0.15) is 0 Å². The van der Waals surface area contributed by atoms with E-state index in [1.54, 1.807) is 28.4 Å². The Hall–Kier alpha value is -6.66. The van der Waals surface area contributed by atoms with Crippen LogP contribution in [0.4, 0.5) is 0 Å². The first-order valence-corrected chi connectivity index (χ1v) is 20.5. The van der Waals surface area contributed by atoms with E-state index in [0.29, 0.717) is 0 Å². The molecule has 8 aromatic rings. The van der Waals surface area contributed by atoms with Crippen molar-refractivity contribution in [1.82, 2.24) is 9.13 Å². The molecule has 0 saturated carbocycles. The molecule has 0 N–H and O–H groups in total. The molecule has 0 unspecified atom stereocenters. The average Bonchev–Trinajstić information content (AvgIpc) is 3.82. The highest BCUT2D eigenvalue weighted by Crippen LogP contribution is 2.45. The van der Waals surface area contributed by atoms with E-state index in [1.165, 1.54) is 11.1 Å². The van der Waals surface area contributed by atoms with Gasteiger partial charge in [-0.3, -0.25) is 0 Å². The van der Waals surface area contributed by atoms with E-state index < -0.39 is 0 Å². The highest BCUT2D eigenvalue weighted by Gasteiger charge is 2.25. The summed E-state index contributed by atoms with van der Waals surface area (Å²) < 4.78 is 27.8. The minimum Gasteiger partial charge on any atom is -0.497 e. The van der Waals surface area contributed by atoms with E-state index in [2.05, 4.69) is 184 Å². The standard InChI is InChI=1S/C54H54N2O4/c1-53(2,3)37-19-23-39(24-20-37)55-49(47-17-13-11-15-45(47)35-27-41(57-7)31-42(28-35)58-8)33-52-51(55)34-50(56(52)40-25-21-38(22-26-40)54(4,5)6)48-18-14-12-16-46(48)36-29-43(59-9)32-44(30-36)60-10/h11-34H,1-10H3. The third-order valence-electron chi connectivity index (χ3n) is 11.5. The Labute approximate surface area is 354 Å². The molecular weight excluding hydrogens is 741 g/mol. The summed E-state index contributed by atoms with van der Waals surface area (Å²) in [5.41, 5.74) is 15.3. The van der Waals surface area contributed by atoms with Crippen molar-refractivity contribution in [2.75, 3.05) is 28.4 Å². The minimum absolute atomic E-state index is 0.00756. The van der Waals surface area contributed by atoms with Crippen LogP contribution in [0.2, 0.25) is 0 Å². The monoisotopic (exact) mass is 794 g/mol. The Morgan fingerprint density at radius 3 is 0.933 bits per heavy atom. The second kappa shape index (κ2) is 15.8. The zero-order valence-corrected chi connectivity index (χ0v) is 36.4. The Morgan fingerprint density at radius 2 is 0.650 bits per heavy atom. The van der Waals surface area contributed by atoms with E-state index in [4.69, 9.17) is 18.9 Å². The molecule has 304 valence electrons. The van der Waals surface area contributed by atoms with Gasteiger partial charge in [0.15, 0.2) is 0 Å². The molecule has 8 rings (SSSR count). The summed E-state index contributed by atoms with van der Waals surface area (Å²) in [5, 5.41) is 0. The quantitative estimate of drug-likeness (QED) is 0.138. The predicted molar refractivity (Wildman–Crippen MR) is 248 cm³/mol. The molecule has 60 heavy (non-hydrogen) atoms. The van der Waals surface area contributed by atoms with Crippen molar-refractivity contribution >= 4 is 11.0 Å². The molecule has 0 saturated heterocycles. The van der Waals surface area contributed by atoms with Crippen LogP contribution >= 0.6 is 0 Å². The van der Waals surface area contributed by atoms with Crippen LogP contribution < -0.4 is 18.9 Å². The lowest BCUT2D eigenvalue weighted by atomic mass is 9.87. The minimum atomic E-state index is 0.00756. The van der Waals surface area contributed by atoms with Crippen LogP contribution in [-0.2, 0) is 10.8 Å². The summed E-state index contributed by atoms with van der Waals surface area (Å²) in [6.45, 7) is 13.5. The second-order valence-corrected chi connectivity index (χ2v) is 17.4. The van der Waals surface area contributed by atoms with Gasteiger partial charge in [-0.1, -0.05) is 114 Å². The zero-order valence-electron chi connectivity index (χ0n) is 36.4. The van der Waals surface area contributed by atoms with Crippen LogP contribution in [0.3, 0.4) is 0 Å². The summed E-state index contributed by atoms with van der Waals surface area (Å²) in [6.07, 6.45) is 0. The third kappa shape index (κ3) is 7.54. The summed E-state index contributed by atoms with van der Waals surface area (Å²) in [6, 6.07) is 52.1. The Balaban J connectivity index is 1.46. The predicted octanol–water partition coefficient (Wildman–Crippen LogP) is 13.7. The molecule has 6 heteroatoms. The van der Waals surface area contributed by atoms with Gasteiger partial charge in [-0.25, -0.2) is 0 Å². The van der Waals surface area contributed by atoms with E-state index in [1.807, 2.05) is 12.1 Å². The van der Waals surface area contributed by atoms with E-state index in [0.717, 1.165) is 90.2 Å². The second-order valence-electron chi connectivity index (χ2n) is 17.4. The van der Waals surface area contributed by atoms with Crippen LogP contribution in [0.5, 0.6) is 23.0 Å². The molecule has 0 fully saturated rings. The van der Waals surface area contributed by atoms with Gasteiger partial charge in [0, 0.05) is 34.6 Å². The molecule has 0 spiro atoms. The van der Waals surface area contributed by atoms with Crippen molar-refractivity contribution in [2.24, 2.45) is 0 Å². The van der Waals surface area contributed by atoms with Crippen molar-refractivity contribution in [1.29, 1.82) is 0 Å². The number of nitrogens with zero attached hydrogens (tertiary/aromatic N) is 2. The average molecular weight is 795 g/mol. The fourth-order valence-electron chi connectivity index (χ4n) is 8.17. The first kappa shape index (κ1) is 40.1. The van der Waals surface area contributed by atoms with Crippen LogP contribution in [0, 0.1) is 0 Å². The fraction of sp³-hybridized carbons (Fsp3) is 0.222. The highest BCUT2D eigenvalue weighted by atomic mass is 16.5. The van der Waals surface area contributed by atoms with Crippen molar-refractivity contribution in [3.05, 3.63) is 157 Å². The number of aromatic nitrogens is 2. The molecule has 0 bridgehead atoms. The van der Waals surface area contributed by atoms with Gasteiger partial charge in [0.1, 0.15) is 23.0 Å². The van der Waals surface area contributed by atoms with Crippen molar-refractivity contribution in [3.8, 4) is 79.1 Å². The first-order valence-electron chi connectivity index (χ1n) is 20.5. The smallest absolute Gasteiger partial charge is 0.123 e. The van der Waals surface area contributed by atoms with Gasteiger partial charge in [0.05, 0.1) is 50.9 Å². The van der Waals surface area contributed by atoms with Crippen molar-refractivity contribution < 1.29 is 18.9 Å². The Kier molecular flexibility index (Phi) is 10.6. The largest absolute Gasteiger partial charge is 0.497 e. The van der Waals surface area contributed by atoms with Gasteiger partial charge < -0.3 is 28.1 Å². The Bertz CT molecular complexity index is 2570. The third-order valence-corrected chi connectivity index (χ3v) is 11.5. The molecule has 0 amide bonds. The maximum absolute atomic E-state index is 5.75. The molecule has 0 aliphatic rings. The SMILES string of the molecule is COc1cc(OC)cc(-c2ccccc2-c2cc3c(cc(-c4ccccc4-c4cc(OC)cc(OC)c4)n3-c3ccc(C(C)(C)C)cc3)n2-c2ccc(C(C)(C)C)cc2)c1. The number of hydrogen-bond acceptors (Lipinski definition) is 4. The van der Waals surface area contributed by atoms with Crippen LogP contribution in [0.1, 0.15) is 52.7 Å². The maximum Gasteiger partial charge on any atom is 0.123 e. The first-order chi connectivity index (χ1) is 28.8.